The van der Waals surface area contributed by atoms with E-state index in [9.17, 15) is 5.11 Å². The molecule has 106 valence electrons. The van der Waals surface area contributed by atoms with Crippen LogP contribution in [0.2, 0.25) is 0 Å². The second-order valence-corrected chi connectivity index (χ2v) is 5.53. The molecule has 5 nitrogen and oxygen atoms in total. The van der Waals surface area contributed by atoms with Gasteiger partial charge in [-0.05, 0) is 24.4 Å². The number of hydrogen-bond donors (Lipinski definition) is 2. The number of quaternary nitrogens is 1. The van der Waals surface area contributed by atoms with Crippen LogP contribution in [0.5, 0.6) is 0 Å². The Hall–Kier alpha value is -1.50. The first-order valence-electron chi connectivity index (χ1n) is 6.87. The van der Waals surface area contributed by atoms with Crippen LogP contribution < -0.4 is 4.90 Å². The molecule has 6 heteroatoms. The minimum Gasteiger partial charge on any atom is -0.409 e. The standard InChI is InChI=1S/C14H17N3O2S/c18-12-6-8-16(9-7-12)10-17-14(20)19-13(15-17)11-4-2-1-3-5-11/h1-5,12,18H,6-10H2/p+1. The van der Waals surface area contributed by atoms with Crippen LogP contribution in [0.15, 0.2) is 34.7 Å². The number of nitrogens with one attached hydrogen (secondary N) is 1. The lowest BCUT2D eigenvalue weighted by molar-refractivity contribution is -0.929. The van der Waals surface area contributed by atoms with E-state index in [-0.39, 0.29) is 6.10 Å². The predicted molar refractivity (Wildman–Crippen MR) is 76.7 cm³/mol. The molecule has 1 aromatic carbocycles. The fourth-order valence-corrected chi connectivity index (χ4v) is 2.67. The number of aliphatic hydroxyl groups is 1. The van der Waals surface area contributed by atoms with Gasteiger partial charge in [-0.25, -0.2) is 0 Å². The number of aromatic nitrogens is 2. The Balaban J connectivity index is 1.75. The van der Waals surface area contributed by atoms with Gasteiger partial charge < -0.3 is 14.4 Å². The van der Waals surface area contributed by atoms with E-state index in [1.165, 1.54) is 4.90 Å². The van der Waals surface area contributed by atoms with Gasteiger partial charge in [-0.15, -0.1) is 5.10 Å². The van der Waals surface area contributed by atoms with Gasteiger partial charge in [-0.2, -0.15) is 4.68 Å². The Kier molecular flexibility index (Phi) is 3.95. The zero-order valence-corrected chi connectivity index (χ0v) is 12.0. The van der Waals surface area contributed by atoms with Crippen molar-refractivity contribution in [2.45, 2.75) is 25.6 Å². The highest BCUT2D eigenvalue weighted by Crippen LogP contribution is 2.16. The van der Waals surface area contributed by atoms with Gasteiger partial charge in [0.25, 0.3) is 4.84 Å². The van der Waals surface area contributed by atoms with Crippen molar-refractivity contribution in [2.24, 2.45) is 0 Å². The molecule has 0 spiro atoms. The first-order chi connectivity index (χ1) is 9.72. The van der Waals surface area contributed by atoms with E-state index in [1.807, 2.05) is 30.3 Å². The maximum atomic E-state index is 9.53. The van der Waals surface area contributed by atoms with Crippen molar-refractivity contribution in [1.82, 2.24) is 9.78 Å². The van der Waals surface area contributed by atoms with Gasteiger partial charge in [0.2, 0.25) is 5.89 Å². The van der Waals surface area contributed by atoms with E-state index in [4.69, 9.17) is 16.6 Å². The molecule has 0 aliphatic carbocycles. The van der Waals surface area contributed by atoms with Gasteiger partial charge in [0.15, 0.2) is 6.67 Å². The lowest BCUT2D eigenvalue weighted by Gasteiger charge is -2.25. The van der Waals surface area contributed by atoms with Crippen LogP contribution >= 0.6 is 12.2 Å². The van der Waals surface area contributed by atoms with Crippen LogP contribution in [0.1, 0.15) is 12.8 Å². The molecule has 1 aliphatic rings. The molecule has 2 heterocycles. The molecule has 2 N–H and O–H groups in total. The summed E-state index contributed by atoms with van der Waals surface area (Å²) in [5.41, 5.74) is 0.932. The monoisotopic (exact) mass is 292 g/mol. The molecular formula is C14H18N3O2S+. The molecule has 1 aromatic heterocycles. The van der Waals surface area contributed by atoms with Crippen LogP contribution in [0.25, 0.3) is 11.5 Å². The summed E-state index contributed by atoms with van der Waals surface area (Å²) >= 11 is 5.24. The highest BCUT2D eigenvalue weighted by Gasteiger charge is 2.21. The Morgan fingerprint density at radius 1 is 1.30 bits per heavy atom. The normalized spacial score (nSPS) is 22.9. The molecule has 0 radical (unpaired) electrons. The van der Waals surface area contributed by atoms with E-state index in [0.717, 1.165) is 31.5 Å². The lowest BCUT2D eigenvalue weighted by atomic mass is 10.1. The van der Waals surface area contributed by atoms with E-state index in [1.54, 1.807) is 4.68 Å². The van der Waals surface area contributed by atoms with Crippen molar-refractivity contribution >= 4 is 12.2 Å². The van der Waals surface area contributed by atoms with E-state index >= 15 is 0 Å². The van der Waals surface area contributed by atoms with Crippen LogP contribution in [-0.4, -0.2) is 34.1 Å². The van der Waals surface area contributed by atoms with Crippen molar-refractivity contribution in [3.05, 3.63) is 35.2 Å². The fraction of sp³-hybridized carbons (Fsp3) is 0.429. The molecule has 3 rings (SSSR count). The third kappa shape index (κ3) is 2.98. The largest absolute Gasteiger partial charge is 0.409 e. The average molecular weight is 292 g/mol. The van der Waals surface area contributed by atoms with Crippen LogP contribution in [0.4, 0.5) is 0 Å². The van der Waals surface area contributed by atoms with Gasteiger partial charge in [-0.1, -0.05) is 18.2 Å². The van der Waals surface area contributed by atoms with Gasteiger partial charge in [0, 0.05) is 18.4 Å². The predicted octanol–water partition coefficient (Wildman–Crippen LogP) is 0.870. The summed E-state index contributed by atoms with van der Waals surface area (Å²) in [6.07, 6.45) is 1.53. The number of benzene rings is 1. The molecule has 1 saturated heterocycles. The summed E-state index contributed by atoms with van der Waals surface area (Å²) in [7, 11) is 0. The highest BCUT2D eigenvalue weighted by molar-refractivity contribution is 7.71. The van der Waals surface area contributed by atoms with Crippen LogP contribution in [-0.2, 0) is 6.67 Å². The lowest BCUT2D eigenvalue weighted by Crippen LogP contribution is -3.12. The summed E-state index contributed by atoms with van der Waals surface area (Å²) < 4.78 is 7.31. The van der Waals surface area contributed by atoms with E-state index < -0.39 is 0 Å². The minimum absolute atomic E-state index is 0.149. The quantitative estimate of drug-likeness (QED) is 0.824. The van der Waals surface area contributed by atoms with E-state index in [0.29, 0.717) is 17.4 Å². The molecule has 0 unspecified atom stereocenters. The molecule has 0 bridgehead atoms. The van der Waals surface area contributed by atoms with Crippen molar-refractivity contribution in [3.8, 4) is 11.5 Å². The molecule has 0 saturated carbocycles. The molecule has 20 heavy (non-hydrogen) atoms. The van der Waals surface area contributed by atoms with Gasteiger partial charge in [-0.3, -0.25) is 0 Å². The third-order valence-corrected chi connectivity index (χ3v) is 3.96. The number of nitrogens with zero attached hydrogens (tertiary/aromatic N) is 2. The van der Waals surface area contributed by atoms with Crippen molar-refractivity contribution in [3.63, 3.8) is 0 Å². The molecule has 2 aromatic rings. The number of aliphatic hydroxyl groups excluding tert-OH is 1. The molecule has 0 amide bonds. The number of piperidine rings is 1. The topological polar surface area (TPSA) is 55.6 Å². The molecule has 0 atom stereocenters. The zero-order chi connectivity index (χ0) is 13.9. The average Bonchev–Trinajstić information content (AvgIpc) is 2.84. The summed E-state index contributed by atoms with van der Waals surface area (Å²) in [6, 6.07) is 9.76. The van der Waals surface area contributed by atoms with Crippen molar-refractivity contribution in [2.75, 3.05) is 13.1 Å². The van der Waals surface area contributed by atoms with E-state index in [2.05, 4.69) is 5.10 Å². The molecule has 1 aliphatic heterocycles. The Morgan fingerprint density at radius 2 is 2.00 bits per heavy atom. The van der Waals surface area contributed by atoms with Gasteiger partial charge in [0.1, 0.15) is 0 Å². The summed E-state index contributed by atoms with van der Waals surface area (Å²) in [6.45, 7) is 2.58. The molecular weight excluding hydrogens is 274 g/mol. The van der Waals surface area contributed by atoms with Crippen LogP contribution in [0, 0.1) is 4.84 Å². The summed E-state index contributed by atoms with van der Waals surface area (Å²) in [5, 5.41) is 14.0. The maximum Gasteiger partial charge on any atom is 0.292 e. The highest BCUT2D eigenvalue weighted by atomic mass is 32.1. The summed E-state index contributed by atoms with van der Waals surface area (Å²) in [5.74, 6) is 0.562. The summed E-state index contributed by atoms with van der Waals surface area (Å²) in [4.78, 5) is 1.78. The number of hydrogen-bond acceptors (Lipinski definition) is 4. The first kappa shape index (κ1) is 13.5. The van der Waals surface area contributed by atoms with Crippen molar-refractivity contribution in [1.29, 1.82) is 0 Å². The van der Waals surface area contributed by atoms with Crippen molar-refractivity contribution < 1.29 is 14.4 Å². The third-order valence-electron chi connectivity index (χ3n) is 3.66. The number of likely N-dealkylation sites (tertiary alicyclic amines) is 1. The fourth-order valence-electron chi connectivity index (χ4n) is 2.48. The zero-order valence-electron chi connectivity index (χ0n) is 11.2. The second-order valence-electron chi connectivity index (χ2n) is 5.18. The first-order valence-corrected chi connectivity index (χ1v) is 7.28. The van der Waals surface area contributed by atoms with Gasteiger partial charge in [0.05, 0.1) is 19.2 Å². The van der Waals surface area contributed by atoms with Crippen LogP contribution in [0.3, 0.4) is 0 Å². The Morgan fingerprint density at radius 3 is 2.70 bits per heavy atom. The second kappa shape index (κ2) is 5.87. The Bertz CT molecular complexity index is 615. The smallest absolute Gasteiger partial charge is 0.292 e. The maximum absolute atomic E-state index is 9.53. The molecule has 1 fully saturated rings. The van der Waals surface area contributed by atoms with Gasteiger partial charge >= 0.3 is 0 Å². The number of rotatable bonds is 3. The SMILES string of the molecule is OC1CC[NH+](Cn2nc(-c3ccccc3)oc2=S)CC1. The Labute approximate surface area is 122 Å². The minimum atomic E-state index is -0.149.